The summed E-state index contributed by atoms with van der Waals surface area (Å²) < 4.78 is 0. The highest BCUT2D eigenvalue weighted by Gasteiger charge is 2.09. The van der Waals surface area contributed by atoms with Crippen LogP contribution in [-0.2, 0) is 0 Å². The third kappa shape index (κ3) is 2.48. The van der Waals surface area contributed by atoms with Crippen LogP contribution in [0.4, 0.5) is 11.5 Å². The molecule has 0 radical (unpaired) electrons. The fraction of sp³-hybridized carbons (Fsp3) is 0.556. The van der Waals surface area contributed by atoms with Gasteiger partial charge in [0.25, 0.3) is 0 Å². The van der Waals surface area contributed by atoms with E-state index in [-0.39, 0.29) is 5.28 Å². The van der Waals surface area contributed by atoms with Gasteiger partial charge in [0, 0.05) is 6.04 Å². The van der Waals surface area contributed by atoms with Crippen molar-refractivity contribution in [2.45, 2.75) is 33.2 Å². The Kier molecular flexibility index (Phi) is 3.52. The van der Waals surface area contributed by atoms with E-state index in [1.807, 2.05) is 6.92 Å². The molecule has 0 spiro atoms. The fourth-order valence-corrected chi connectivity index (χ4v) is 1.20. The Balaban J connectivity index is 2.96. The maximum Gasteiger partial charge on any atom is 0.224 e. The number of aromatic nitrogens is 2. The summed E-state index contributed by atoms with van der Waals surface area (Å²) in [5.74, 6) is 0.622. The summed E-state index contributed by atoms with van der Waals surface area (Å²) in [5.41, 5.74) is 7.08. The van der Waals surface area contributed by atoms with Gasteiger partial charge in [-0.15, -0.1) is 0 Å². The smallest absolute Gasteiger partial charge is 0.224 e. The Morgan fingerprint density at radius 1 is 1.50 bits per heavy atom. The molecule has 0 bridgehead atoms. The van der Waals surface area contributed by atoms with Crippen LogP contribution < -0.4 is 11.1 Å². The molecule has 1 aromatic heterocycles. The van der Waals surface area contributed by atoms with Gasteiger partial charge in [-0.05, 0) is 31.9 Å². The minimum absolute atomic E-state index is 0.225. The first-order chi connectivity index (χ1) is 6.54. The molecule has 0 aromatic carbocycles. The summed E-state index contributed by atoms with van der Waals surface area (Å²) >= 11 is 5.73. The van der Waals surface area contributed by atoms with E-state index in [2.05, 4.69) is 29.1 Å². The highest BCUT2D eigenvalue weighted by molar-refractivity contribution is 6.28. The molecule has 0 saturated carbocycles. The lowest BCUT2D eigenvalue weighted by molar-refractivity contribution is 0.758. The Morgan fingerprint density at radius 3 is 2.71 bits per heavy atom. The summed E-state index contributed by atoms with van der Waals surface area (Å²) in [6, 6.07) is 0.322. The number of halogens is 1. The van der Waals surface area contributed by atoms with Crippen molar-refractivity contribution in [2.24, 2.45) is 0 Å². The first-order valence-electron chi connectivity index (χ1n) is 4.60. The van der Waals surface area contributed by atoms with E-state index < -0.39 is 0 Å². The third-order valence-corrected chi connectivity index (χ3v) is 2.27. The van der Waals surface area contributed by atoms with Crippen LogP contribution in [0, 0.1) is 6.92 Å². The van der Waals surface area contributed by atoms with Crippen molar-refractivity contribution in [1.29, 1.82) is 0 Å². The van der Waals surface area contributed by atoms with Crippen LogP contribution in [0.15, 0.2) is 0 Å². The normalized spacial score (nSPS) is 12.6. The molecule has 1 atom stereocenters. The van der Waals surface area contributed by atoms with Gasteiger partial charge in [0.15, 0.2) is 5.82 Å². The average Bonchev–Trinajstić information content (AvgIpc) is 2.13. The summed E-state index contributed by atoms with van der Waals surface area (Å²) in [7, 11) is 0. The third-order valence-electron chi connectivity index (χ3n) is 2.10. The number of aryl methyl sites for hydroxylation is 1. The lowest BCUT2D eigenvalue weighted by Gasteiger charge is -2.14. The van der Waals surface area contributed by atoms with Crippen LogP contribution in [0.25, 0.3) is 0 Å². The van der Waals surface area contributed by atoms with E-state index in [0.717, 1.165) is 6.42 Å². The quantitative estimate of drug-likeness (QED) is 0.758. The molecule has 0 saturated heterocycles. The monoisotopic (exact) mass is 214 g/mol. The second-order valence-electron chi connectivity index (χ2n) is 3.29. The SMILES string of the molecule is CC[C@@H](C)Nc1nc(Cl)nc(C)c1N. The van der Waals surface area contributed by atoms with E-state index in [1.165, 1.54) is 0 Å². The van der Waals surface area contributed by atoms with Gasteiger partial charge in [-0.3, -0.25) is 0 Å². The topological polar surface area (TPSA) is 63.8 Å². The highest BCUT2D eigenvalue weighted by Crippen LogP contribution is 2.21. The van der Waals surface area contributed by atoms with Gasteiger partial charge in [-0.1, -0.05) is 6.92 Å². The number of anilines is 2. The zero-order valence-corrected chi connectivity index (χ0v) is 9.39. The standard InChI is InChI=1S/C9H15ClN4/c1-4-5(2)12-8-7(11)6(3)13-9(10)14-8/h5H,4,11H2,1-3H3,(H,12,13,14)/t5-/m1/s1. The maximum atomic E-state index is 5.81. The van der Waals surface area contributed by atoms with E-state index in [1.54, 1.807) is 0 Å². The molecule has 1 aromatic rings. The van der Waals surface area contributed by atoms with Crippen LogP contribution in [-0.4, -0.2) is 16.0 Å². The Morgan fingerprint density at radius 2 is 2.14 bits per heavy atom. The molecule has 0 amide bonds. The van der Waals surface area contributed by atoms with Crippen molar-refractivity contribution in [3.05, 3.63) is 11.0 Å². The molecule has 0 unspecified atom stereocenters. The minimum atomic E-state index is 0.225. The summed E-state index contributed by atoms with van der Waals surface area (Å²) in [5, 5.41) is 3.41. The first-order valence-corrected chi connectivity index (χ1v) is 4.98. The largest absolute Gasteiger partial charge is 0.394 e. The van der Waals surface area contributed by atoms with Gasteiger partial charge in [0.2, 0.25) is 5.28 Å². The van der Waals surface area contributed by atoms with Crippen molar-refractivity contribution in [1.82, 2.24) is 9.97 Å². The van der Waals surface area contributed by atoms with Crippen molar-refractivity contribution in [3.63, 3.8) is 0 Å². The van der Waals surface area contributed by atoms with Gasteiger partial charge >= 0.3 is 0 Å². The Hall–Kier alpha value is -1.03. The van der Waals surface area contributed by atoms with Gasteiger partial charge in [-0.25, -0.2) is 4.98 Å². The average molecular weight is 215 g/mol. The van der Waals surface area contributed by atoms with Crippen molar-refractivity contribution >= 4 is 23.1 Å². The molecular formula is C9H15ClN4. The molecule has 0 fully saturated rings. The molecule has 4 nitrogen and oxygen atoms in total. The minimum Gasteiger partial charge on any atom is -0.394 e. The van der Waals surface area contributed by atoms with Gasteiger partial charge < -0.3 is 11.1 Å². The number of nitrogen functional groups attached to an aromatic ring is 1. The zero-order valence-electron chi connectivity index (χ0n) is 8.63. The van der Waals surface area contributed by atoms with E-state index in [9.17, 15) is 0 Å². The number of rotatable bonds is 3. The number of hydrogen-bond acceptors (Lipinski definition) is 4. The Labute approximate surface area is 88.9 Å². The lowest BCUT2D eigenvalue weighted by atomic mass is 10.2. The molecule has 0 aliphatic carbocycles. The van der Waals surface area contributed by atoms with E-state index in [4.69, 9.17) is 17.3 Å². The van der Waals surface area contributed by atoms with E-state index >= 15 is 0 Å². The number of nitrogens with two attached hydrogens (primary N) is 1. The van der Waals surface area contributed by atoms with Gasteiger partial charge in [0.05, 0.1) is 11.4 Å². The van der Waals surface area contributed by atoms with Crippen LogP contribution in [0.1, 0.15) is 26.0 Å². The summed E-state index contributed by atoms with van der Waals surface area (Å²) in [6.45, 7) is 5.96. The van der Waals surface area contributed by atoms with Gasteiger partial charge in [-0.2, -0.15) is 4.98 Å². The van der Waals surface area contributed by atoms with Crippen molar-refractivity contribution in [2.75, 3.05) is 11.1 Å². The predicted octanol–water partition coefficient (Wildman–Crippen LogP) is 2.23. The van der Waals surface area contributed by atoms with E-state index in [0.29, 0.717) is 23.2 Å². The number of nitrogens with one attached hydrogen (secondary N) is 1. The molecule has 1 heterocycles. The van der Waals surface area contributed by atoms with Crippen LogP contribution in [0.5, 0.6) is 0 Å². The highest BCUT2D eigenvalue weighted by atomic mass is 35.5. The molecule has 0 aliphatic rings. The molecule has 78 valence electrons. The summed E-state index contributed by atoms with van der Waals surface area (Å²) in [4.78, 5) is 8.00. The predicted molar refractivity (Wildman–Crippen MR) is 59.6 cm³/mol. The second kappa shape index (κ2) is 4.46. The summed E-state index contributed by atoms with van der Waals surface area (Å²) in [6.07, 6.45) is 1.00. The van der Waals surface area contributed by atoms with Crippen LogP contribution in [0.3, 0.4) is 0 Å². The molecule has 3 N–H and O–H groups in total. The second-order valence-corrected chi connectivity index (χ2v) is 3.63. The lowest BCUT2D eigenvalue weighted by Crippen LogP contribution is -2.16. The molecule has 0 aliphatic heterocycles. The molecular weight excluding hydrogens is 200 g/mol. The maximum absolute atomic E-state index is 5.81. The van der Waals surface area contributed by atoms with Gasteiger partial charge in [0.1, 0.15) is 0 Å². The fourth-order valence-electron chi connectivity index (χ4n) is 0.993. The first kappa shape index (κ1) is 11.0. The zero-order chi connectivity index (χ0) is 10.7. The molecule has 5 heteroatoms. The van der Waals surface area contributed by atoms with Crippen molar-refractivity contribution < 1.29 is 0 Å². The number of nitrogens with zero attached hydrogens (tertiary/aromatic N) is 2. The molecule has 14 heavy (non-hydrogen) atoms. The molecule has 1 rings (SSSR count). The number of hydrogen-bond donors (Lipinski definition) is 2. The van der Waals surface area contributed by atoms with Crippen molar-refractivity contribution in [3.8, 4) is 0 Å². The van der Waals surface area contributed by atoms with Crippen LogP contribution >= 0.6 is 11.6 Å². The Bertz CT molecular complexity index is 327. The van der Waals surface area contributed by atoms with Crippen LogP contribution in [0.2, 0.25) is 5.28 Å².